The van der Waals surface area contributed by atoms with Gasteiger partial charge in [0.05, 0.1) is 0 Å². The summed E-state index contributed by atoms with van der Waals surface area (Å²) in [6.45, 7) is 4.26. The van der Waals surface area contributed by atoms with Gasteiger partial charge in [-0.2, -0.15) is 5.26 Å². The SMILES string of the molecule is CC1(C)CC(=O)c2c(C3CCCCC3)sc(C#N)c2C1. The predicted molar refractivity (Wildman–Crippen MR) is 81.3 cm³/mol. The van der Waals surface area contributed by atoms with Gasteiger partial charge in [-0.15, -0.1) is 11.3 Å². The quantitative estimate of drug-likeness (QED) is 0.742. The summed E-state index contributed by atoms with van der Waals surface area (Å²) >= 11 is 1.60. The first-order chi connectivity index (χ1) is 9.52. The van der Waals surface area contributed by atoms with E-state index >= 15 is 0 Å². The van der Waals surface area contributed by atoms with Crippen molar-refractivity contribution in [1.82, 2.24) is 0 Å². The van der Waals surface area contributed by atoms with Gasteiger partial charge >= 0.3 is 0 Å². The Hall–Kier alpha value is -1.14. The minimum atomic E-state index is 0.000587. The Kier molecular flexibility index (Phi) is 3.46. The molecule has 3 rings (SSSR count). The van der Waals surface area contributed by atoms with Crippen molar-refractivity contribution < 1.29 is 4.79 Å². The van der Waals surface area contributed by atoms with Crippen LogP contribution >= 0.6 is 11.3 Å². The van der Waals surface area contributed by atoms with Crippen LogP contribution < -0.4 is 0 Å². The molecule has 2 aliphatic carbocycles. The predicted octanol–water partition coefficient (Wildman–Crippen LogP) is 4.82. The lowest BCUT2D eigenvalue weighted by molar-refractivity contribution is 0.0911. The van der Waals surface area contributed by atoms with Crippen LogP contribution in [0, 0.1) is 16.7 Å². The Labute approximate surface area is 124 Å². The van der Waals surface area contributed by atoms with Gasteiger partial charge in [0.2, 0.25) is 0 Å². The van der Waals surface area contributed by atoms with Gasteiger partial charge in [0.1, 0.15) is 10.9 Å². The number of ketones is 1. The standard InChI is InChI=1S/C17H21NOS/c1-17(2)8-12-14(10-18)20-16(15(12)13(19)9-17)11-6-4-3-5-7-11/h11H,3-9H2,1-2H3. The number of hydrogen-bond acceptors (Lipinski definition) is 3. The number of thiophene rings is 1. The molecule has 0 atom stereocenters. The number of carbonyl (C=O) groups excluding carboxylic acids is 1. The van der Waals surface area contributed by atoms with Crippen molar-refractivity contribution in [2.45, 2.75) is 64.7 Å². The highest BCUT2D eigenvalue weighted by Crippen LogP contribution is 2.46. The van der Waals surface area contributed by atoms with Crippen LogP contribution in [-0.2, 0) is 6.42 Å². The fourth-order valence-corrected chi connectivity index (χ4v) is 5.07. The summed E-state index contributed by atoms with van der Waals surface area (Å²) in [6, 6.07) is 2.34. The number of Topliss-reactive ketones (excluding diaryl/α,β-unsaturated/α-hetero) is 1. The highest BCUT2D eigenvalue weighted by atomic mass is 32.1. The lowest BCUT2D eigenvalue weighted by Gasteiger charge is -2.30. The molecule has 1 saturated carbocycles. The molecule has 0 aliphatic heterocycles. The summed E-state index contributed by atoms with van der Waals surface area (Å²) in [6.07, 6.45) is 7.72. The molecule has 1 heterocycles. The minimum Gasteiger partial charge on any atom is -0.294 e. The largest absolute Gasteiger partial charge is 0.294 e. The third kappa shape index (κ3) is 2.31. The first kappa shape index (κ1) is 13.8. The smallest absolute Gasteiger partial charge is 0.164 e. The Morgan fingerprint density at radius 1 is 1.20 bits per heavy atom. The van der Waals surface area contributed by atoms with Crippen LogP contribution in [0.2, 0.25) is 0 Å². The van der Waals surface area contributed by atoms with Gasteiger partial charge in [-0.25, -0.2) is 0 Å². The van der Waals surface area contributed by atoms with Gasteiger partial charge in [-0.05, 0) is 36.2 Å². The summed E-state index contributed by atoms with van der Waals surface area (Å²) < 4.78 is 0. The number of nitrogens with zero attached hydrogens (tertiary/aromatic N) is 1. The second kappa shape index (κ2) is 5.00. The molecular formula is C17H21NOS. The number of nitriles is 1. The van der Waals surface area contributed by atoms with Crippen LogP contribution in [0.25, 0.3) is 0 Å². The molecule has 0 bridgehead atoms. The average Bonchev–Trinajstić information content (AvgIpc) is 2.77. The van der Waals surface area contributed by atoms with E-state index in [9.17, 15) is 10.1 Å². The van der Waals surface area contributed by atoms with Crippen molar-refractivity contribution in [2.75, 3.05) is 0 Å². The van der Waals surface area contributed by atoms with E-state index in [4.69, 9.17) is 0 Å². The van der Waals surface area contributed by atoms with Crippen LogP contribution in [0.3, 0.4) is 0 Å². The first-order valence-electron chi connectivity index (χ1n) is 7.61. The molecule has 0 amide bonds. The molecule has 1 fully saturated rings. The van der Waals surface area contributed by atoms with Crippen molar-refractivity contribution in [3.8, 4) is 6.07 Å². The molecule has 0 unspecified atom stereocenters. The Morgan fingerprint density at radius 3 is 2.55 bits per heavy atom. The zero-order valence-electron chi connectivity index (χ0n) is 12.3. The van der Waals surface area contributed by atoms with Crippen LogP contribution in [-0.4, -0.2) is 5.78 Å². The van der Waals surface area contributed by atoms with Crippen molar-refractivity contribution >= 4 is 17.1 Å². The van der Waals surface area contributed by atoms with Crippen LogP contribution in [0.1, 0.15) is 84.0 Å². The van der Waals surface area contributed by atoms with Crippen LogP contribution in [0.5, 0.6) is 0 Å². The molecule has 1 aromatic heterocycles. The van der Waals surface area contributed by atoms with Crippen molar-refractivity contribution in [3.63, 3.8) is 0 Å². The second-order valence-electron chi connectivity index (χ2n) is 7.04. The molecule has 0 N–H and O–H groups in total. The van der Waals surface area contributed by atoms with Crippen LogP contribution in [0.15, 0.2) is 0 Å². The molecule has 3 heteroatoms. The lowest BCUT2D eigenvalue weighted by Crippen LogP contribution is -2.27. The molecular weight excluding hydrogens is 266 g/mol. The Balaban J connectivity index is 2.08. The van der Waals surface area contributed by atoms with E-state index in [2.05, 4.69) is 19.9 Å². The zero-order chi connectivity index (χ0) is 14.3. The third-order valence-corrected chi connectivity index (χ3v) is 5.98. The van der Waals surface area contributed by atoms with E-state index in [0.29, 0.717) is 12.3 Å². The maximum absolute atomic E-state index is 12.6. The fourth-order valence-electron chi connectivity index (χ4n) is 3.77. The van der Waals surface area contributed by atoms with E-state index in [1.165, 1.54) is 37.0 Å². The third-order valence-electron chi connectivity index (χ3n) is 4.69. The molecule has 1 aromatic rings. The summed E-state index contributed by atoms with van der Waals surface area (Å²) in [5, 5.41) is 9.41. The molecule has 0 radical (unpaired) electrons. The highest BCUT2D eigenvalue weighted by Gasteiger charge is 2.37. The van der Waals surface area contributed by atoms with E-state index < -0.39 is 0 Å². The Bertz CT molecular complexity index is 585. The molecule has 0 saturated heterocycles. The maximum Gasteiger partial charge on any atom is 0.164 e. The summed E-state index contributed by atoms with van der Waals surface area (Å²) in [5.41, 5.74) is 2.00. The van der Waals surface area contributed by atoms with Gasteiger partial charge in [0, 0.05) is 16.9 Å². The maximum atomic E-state index is 12.6. The number of fused-ring (bicyclic) bond motifs is 1. The molecule has 2 aliphatic rings. The van der Waals surface area contributed by atoms with E-state index in [0.717, 1.165) is 22.4 Å². The molecule has 106 valence electrons. The summed E-state index contributed by atoms with van der Waals surface area (Å²) in [7, 11) is 0. The number of carbonyl (C=O) groups is 1. The topological polar surface area (TPSA) is 40.9 Å². The van der Waals surface area contributed by atoms with Crippen LogP contribution in [0.4, 0.5) is 0 Å². The normalized spacial score (nSPS) is 22.4. The first-order valence-corrected chi connectivity index (χ1v) is 8.42. The van der Waals surface area contributed by atoms with Crippen molar-refractivity contribution in [3.05, 3.63) is 20.9 Å². The van der Waals surface area contributed by atoms with Crippen molar-refractivity contribution in [1.29, 1.82) is 5.26 Å². The molecule has 20 heavy (non-hydrogen) atoms. The summed E-state index contributed by atoms with van der Waals surface area (Å²) in [4.78, 5) is 14.6. The van der Waals surface area contributed by atoms with E-state index in [1.54, 1.807) is 11.3 Å². The van der Waals surface area contributed by atoms with E-state index in [-0.39, 0.29) is 11.2 Å². The number of hydrogen-bond donors (Lipinski definition) is 0. The summed E-state index contributed by atoms with van der Waals surface area (Å²) in [5.74, 6) is 0.796. The number of rotatable bonds is 1. The van der Waals surface area contributed by atoms with Gasteiger partial charge in [0.15, 0.2) is 5.78 Å². The zero-order valence-corrected chi connectivity index (χ0v) is 13.1. The molecule has 2 nitrogen and oxygen atoms in total. The fraction of sp³-hybridized carbons (Fsp3) is 0.647. The minimum absolute atomic E-state index is 0.000587. The lowest BCUT2D eigenvalue weighted by atomic mass is 9.72. The average molecular weight is 287 g/mol. The highest BCUT2D eigenvalue weighted by molar-refractivity contribution is 7.13. The Morgan fingerprint density at radius 2 is 1.90 bits per heavy atom. The molecule has 0 spiro atoms. The van der Waals surface area contributed by atoms with Crippen molar-refractivity contribution in [2.24, 2.45) is 5.41 Å². The van der Waals surface area contributed by atoms with Gasteiger partial charge in [-0.3, -0.25) is 4.79 Å². The van der Waals surface area contributed by atoms with Gasteiger partial charge < -0.3 is 0 Å². The second-order valence-corrected chi connectivity index (χ2v) is 8.09. The van der Waals surface area contributed by atoms with E-state index in [1.807, 2.05) is 0 Å². The van der Waals surface area contributed by atoms with Gasteiger partial charge in [0.25, 0.3) is 0 Å². The van der Waals surface area contributed by atoms with Gasteiger partial charge in [-0.1, -0.05) is 33.1 Å². The monoisotopic (exact) mass is 287 g/mol. The molecule has 0 aromatic carbocycles.